The maximum Gasteiger partial charge on any atom is 0.400 e. The van der Waals surface area contributed by atoms with Crippen LogP contribution < -0.4 is 0 Å². The number of hydrogen-bond donors (Lipinski definition) is 0. The Morgan fingerprint density at radius 2 is 1.43 bits per heavy atom. The lowest BCUT2D eigenvalue weighted by molar-refractivity contribution is -0.285. The molecule has 0 aliphatic carbocycles. The Balaban J connectivity index is 4.43. The van der Waals surface area contributed by atoms with Crippen molar-refractivity contribution in [2.45, 2.75) is 25.2 Å². The van der Waals surface area contributed by atoms with Gasteiger partial charge in [0, 0.05) is 0 Å². The highest BCUT2D eigenvalue weighted by molar-refractivity contribution is 4.86. The van der Waals surface area contributed by atoms with Crippen LogP contribution in [0.5, 0.6) is 0 Å². The molecule has 0 saturated heterocycles. The van der Waals surface area contributed by atoms with E-state index in [9.17, 15) is 26.3 Å². The monoisotopic (exact) mass is 219 g/mol. The normalized spacial score (nSPS) is 14.3. The summed E-state index contributed by atoms with van der Waals surface area (Å²) >= 11 is 0. The van der Waals surface area contributed by atoms with Crippen LogP contribution in [-0.2, 0) is 0 Å². The lowest BCUT2D eigenvalue weighted by atomic mass is 10.0. The van der Waals surface area contributed by atoms with Crippen molar-refractivity contribution in [1.29, 1.82) is 0 Å². The highest BCUT2D eigenvalue weighted by atomic mass is 19.4. The standard InChI is InChI=1S/C8H9F6/c1-2-3-4-5-6(7(9,10)11)8(12,13)14/h2-3,6H,1,4-5H2. The Kier molecular flexibility index (Phi) is 4.48. The summed E-state index contributed by atoms with van der Waals surface area (Å²) in [4.78, 5) is 0. The van der Waals surface area contributed by atoms with E-state index >= 15 is 0 Å². The van der Waals surface area contributed by atoms with Crippen LogP contribution in [0.3, 0.4) is 0 Å². The highest BCUT2D eigenvalue weighted by Gasteiger charge is 2.55. The van der Waals surface area contributed by atoms with Gasteiger partial charge in [-0.05, 0) is 19.8 Å². The molecule has 0 aromatic heterocycles. The molecule has 0 N–H and O–H groups in total. The van der Waals surface area contributed by atoms with Gasteiger partial charge >= 0.3 is 12.4 Å². The molecule has 14 heavy (non-hydrogen) atoms. The van der Waals surface area contributed by atoms with E-state index in [1.165, 1.54) is 12.2 Å². The van der Waals surface area contributed by atoms with Gasteiger partial charge in [-0.25, -0.2) is 0 Å². The summed E-state index contributed by atoms with van der Waals surface area (Å²) in [5.74, 6) is -3.24. The zero-order valence-electron chi connectivity index (χ0n) is 7.12. The number of rotatable bonds is 3. The molecule has 0 aliphatic rings. The fourth-order valence-electron chi connectivity index (χ4n) is 0.894. The second-order valence-electron chi connectivity index (χ2n) is 2.68. The molecule has 0 atom stereocenters. The van der Waals surface area contributed by atoms with E-state index in [1.807, 2.05) is 0 Å². The van der Waals surface area contributed by atoms with Gasteiger partial charge in [0.2, 0.25) is 0 Å². The third-order valence-corrected chi connectivity index (χ3v) is 1.58. The first-order valence-electron chi connectivity index (χ1n) is 3.77. The summed E-state index contributed by atoms with van der Waals surface area (Å²) in [5, 5.41) is 0. The molecule has 0 aromatic rings. The predicted molar refractivity (Wildman–Crippen MR) is 39.3 cm³/mol. The molecular formula is C8H9F6. The van der Waals surface area contributed by atoms with Crippen LogP contribution in [0.15, 0.2) is 12.2 Å². The molecule has 0 bridgehead atoms. The van der Waals surface area contributed by atoms with Crippen molar-refractivity contribution in [2.24, 2.45) is 5.92 Å². The van der Waals surface area contributed by atoms with E-state index in [0.29, 0.717) is 0 Å². The summed E-state index contributed by atoms with van der Waals surface area (Å²) in [6, 6.07) is 0. The first kappa shape index (κ1) is 13.3. The highest BCUT2D eigenvalue weighted by Crippen LogP contribution is 2.41. The molecule has 0 amide bonds. The quantitative estimate of drug-likeness (QED) is 0.631. The third-order valence-electron chi connectivity index (χ3n) is 1.58. The Morgan fingerprint density at radius 3 is 1.71 bits per heavy atom. The van der Waals surface area contributed by atoms with Crippen molar-refractivity contribution in [1.82, 2.24) is 0 Å². The molecule has 1 radical (unpaired) electrons. The van der Waals surface area contributed by atoms with Gasteiger partial charge in [-0.3, -0.25) is 0 Å². The summed E-state index contributed by atoms with van der Waals surface area (Å²) < 4.78 is 71.3. The van der Waals surface area contributed by atoms with Gasteiger partial charge in [-0.15, -0.1) is 0 Å². The minimum absolute atomic E-state index is 0.285. The van der Waals surface area contributed by atoms with E-state index in [4.69, 9.17) is 0 Å². The van der Waals surface area contributed by atoms with Crippen molar-refractivity contribution < 1.29 is 26.3 Å². The first-order valence-corrected chi connectivity index (χ1v) is 3.77. The topological polar surface area (TPSA) is 0 Å². The molecule has 83 valence electrons. The SMILES string of the molecule is [CH2]C=CCCC(C(F)(F)F)C(F)(F)F. The maximum absolute atomic E-state index is 11.9. The van der Waals surface area contributed by atoms with Crippen molar-refractivity contribution in [3.05, 3.63) is 19.1 Å². The largest absolute Gasteiger partial charge is 0.400 e. The summed E-state index contributed by atoms with van der Waals surface area (Å²) in [6.45, 7) is 3.16. The molecule has 0 saturated carbocycles. The fraction of sp³-hybridized carbons (Fsp3) is 0.625. The van der Waals surface area contributed by atoms with Crippen LogP contribution in [0.25, 0.3) is 0 Å². The molecule has 0 rings (SSSR count). The van der Waals surface area contributed by atoms with Gasteiger partial charge in [0.25, 0.3) is 0 Å². The third kappa shape index (κ3) is 4.53. The Morgan fingerprint density at radius 1 is 1.00 bits per heavy atom. The van der Waals surface area contributed by atoms with E-state index in [-0.39, 0.29) is 6.42 Å². The van der Waals surface area contributed by atoms with Crippen LogP contribution in [0.2, 0.25) is 0 Å². The molecule has 0 unspecified atom stereocenters. The zero-order chi connectivity index (χ0) is 11.4. The zero-order valence-corrected chi connectivity index (χ0v) is 7.12. The molecule has 6 heteroatoms. The summed E-state index contributed by atoms with van der Waals surface area (Å²) in [5.41, 5.74) is 0. The van der Waals surface area contributed by atoms with Gasteiger partial charge in [0.05, 0.1) is 0 Å². The molecule has 0 fully saturated rings. The molecule has 0 nitrogen and oxygen atoms in total. The van der Waals surface area contributed by atoms with E-state index < -0.39 is 24.7 Å². The van der Waals surface area contributed by atoms with Gasteiger partial charge < -0.3 is 0 Å². The number of hydrogen-bond acceptors (Lipinski definition) is 0. The minimum Gasteiger partial charge on any atom is -0.170 e. The molecule has 0 heterocycles. The lowest BCUT2D eigenvalue weighted by Gasteiger charge is -2.22. The second kappa shape index (κ2) is 4.70. The van der Waals surface area contributed by atoms with Gasteiger partial charge in [0.1, 0.15) is 0 Å². The van der Waals surface area contributed by atoms with Crippen LogP contribution in [0, 0.1) is 12.8 Å². The Bertz CT molecular complexity index is 173. The van der Waals surface area contributed by atoms with Crippen LogP contribution >= 0.6 is 0 Å². The smallest absolute Gasteiger partial charge is 0.170 e. The van der Waals surface area contributed by atoms with Gasteiger partial charge in [-0.2, -0.15) is 26.3 Å². The number of alkyl halides is 6. The molecular weight excluding hydrogens is 210 g/mol. The van der Waals surface area contributed by atoms with Crippen LogP contribution in [-0.4, -0.2) is 12.4 Å². The van der Waals surface area contributed by atoms with Crippen LogP contribution in [0.1, 0.15) is 12.8 Å². The molecule has 0 aromatic carbocycles. The van der Waals surface area contributed by atoms with Crippen molar-refractivity contribution in [3.8, 4) is 0 Å². The van der Waals surface area contributed by atoms with Crippen molar-refractivity contribution in [3.63, 3.8) is 0 Å². The van der Waals surface area contributed by atoms with E-state index in [1.54, 1.807) is 0 Å². The van der Waals surface area contributed by atoms with Crippen LogP contribution in [0.4, 0.5) is 26.3 Å². The molecule has 0 aliphatic heterocycles. The van der Waals surface area contributed by atoms with E-state index in [2.05, 4.69) is 6.92 Å². The second-order valence-corrected chi connectivity index (χ2v) is 2.68. The predicted octanol–water partition coefficient (Wildman–Crippen LogP) is 3.90. The number of allylic oxidation sites excluding steroid dienone is 2. The van der Waals surface area contributed by atoms with E-state index in [0.717, 1.165) is 0 Å². The summed E-state index contributed by atoms with van der Waals surface area (Å²) in [6.07, 6.45) is -9.39. The van der Waals surface area contributed by atoms with Crippen molar-refractivity contribution in [2.75, 3.05) is 0 Å². The maximum atomic E-state index is 11.9. The average Bonchev–Trinajstić information content (AvgIpc) is 1.92. The van der Waals surface area contributed by atoms with Crippen molar-refractivity contribution >= 4 is 0 Å². The summed E-state index contributed by atoms with van der Waals surface area (Å²) in [7, 11) is 0. The van der Waals surface area contributed by atoms with Gasteiger partial charge in [-0.1, -0.05) is 12.2 Å². The Hall–Kier alpha value is -0.680. The van der Waals surface area contributed by atoms with Gasteiger partial charge in [0.15, 0.2) is 5.92 Å². The minimum atomic E-state index is -5.23. The Labute approximate surface area is 77.6 Å². The fourth-order valence-corrected chi connectivity index (χ4v) is 0.894. The first-order chi connectivity index (χ1) is 6.19. The lowest BCUT2D eigenvalue weighted by Crippen LogP contribution is -2.36. The average molecular weight is 219 g/mol. The number of halogens is 6. The molecule has 0 spiro atoms.